The number of nitrogens with zero attached hydrogens (tertiary/aromatic N) is 5. The predicted molar refractivity (Wildman–Crippen MR) is 113 cm³/mol. The van der Waals surface area contributed by atoms with E-state index in [1.54, 1.807) is 17.9 Å². The summed E-state index contributed by atoms with van der Waals surface area (Å²) in [7, 11) is 0. The first-order chi connectivity index (χ1) is 14.8. The first kappa shape index (κ1) is 21.0. The predicted octanol–water partition coefficient (Wildman–Crippen LogP) is 2.35. The number of pyridine rings is 1. The molecule has 1 aliphatic rings. The van der Waals surface area contributed by atoms with E-state index in [0.717, 1.165) is 5.69 Å². The Labute approximate surface area is 179 Å². The lowest BCUT2D eigenvalue weighted by Crippen LogP contribution is -2.50. The smallest absolute Gasteiger partial charge is 0.259 e. The maximum atomic E-state index is 13.3. The van der Waals surface area contributed by atoms with Gasteiger partial charge in [0.1, 0.15) is 5.76 Å². The number of piperazine rings is 1. The normalized spacial score (nSPS) is 15.1. The summed E-state index contributed by atoms with van der Waals surface area (Å²) in [5.74, 6) is 0.970. The highest BCUT2D eigenvalue weighted by Crippen LogP contribution is 2.26. The summed E-state index contributed by atoms with van der Waals surface area (Å²) in [6, 6.07) is 3.52. The van der Waals surface area contributed by atoms with Gasteiger partial charge in [-0.15, -0.1) is 0 Å². The van der Waals surface area contributed by atoms with Gasteiger partial charge in [-0.2, -0.15) is 0 Å². The van der Waals surface area contributed by atoms with Crippen LogP contribution in [0.25, 0.3) is 11.1 Å². The number of aromatic nitrogens is 3. The molecule has 0 unspecified atom stereocenters. The molecule has 4 heterocycles. The second-order valence-electron chi connectivity index (χ2n) is 8.14. The summed E-state index contributed by atoms with van der Waals surface area (Å²) in [6.45, 7) is 10.1. The average molecular weight is 426 g/mol. The minimum atomic E-state index is -0.161. The van der Waals surface area contributed by atoms with Crippen LogP contribution < -0.4 is 5.32 Å². The number of aryl methyl sites for hydroxylation is 2. The summed E-state index contributed by atoms with van der Waals surface area (Å²) in [5, 5.41) is 11.1. The van der Waals surface area contributed by atoms with Gasteiger partial charge >= 0.3 is 0 Å². The van der Waals surface area contributed by atoms with Crippen molar-refractivity contribution < 1.29 is 18.6 Å². The highest BCUT2D eigenvalue weighted by molar-refractivity contribution is 6.06. The SMILES string of the molecule is Cc1cc(NC(=O)CN2CCN(C(=O)c3cc(C(C)C)nc4onc(C)c34)CC2)no1. The van der Waals surface area contributed by atoms with Gasteiger partial charge in [-0.25, -0.2) is 4.98 Å². The number of rotatable bonds is 5. The van der Waals surface area contributed by atoms with Crippen LogP contribution in [0.3, 0.4) is 0 Å². The van der Waals surface area contributed by atoms with Gasteiger partial charge in [0, 0.05) is 37.9 Å². The van der Waals surface area contributed by atoms with Crippen molar-refractivity contribution in [2.75, 3.05) is 38.0 Å². The fraction of sp³-hybridized carbons (Fsp3) is 0.476. The molecule has 31 heavy (non-hydrogen) atoms. The van der Waals surface area contributed by atoms with Crippen LogP contribution >= 0.6 is 0 Å². The van der Waals surface area contributed by atoms with E-state index in [9.17, 15) is 9.59 Å². The third kappa shape index (κ3) is 4.43. The molecule has 0 spiro atoms. The average Bonchev–Trinajstić information content (AvgIpc) is 3.32. The van der Waals surface area contributed by atoms with E-state index in [1.165, 1.54) is 0 Å². The van der Waals surface area contributed by atoms with Gasteiger partial charge in [0.25, 0.3) is 11.6 Å². The zero-order chi connectivity index (χ0) is 22.1. The second-order valence-corrected chi connectivity index (χ2v) is 8.14. The molecule has 0 atom stereocenters. The highest BCUT2D eigenvalue weighted by Gasteiger charge is 2.27. The van der Waals surface area contributed by atoms with Crippen LogP contribution in [-0.2, 0) is 4.79 Å². The van der Waals surface area contributed by atoms with Crippen LogP contribution in [0.5, 0.6) is 0 Å². The number of nitrogens with one attached hydrogen (secondary N) is 1. The summed E-state index contributed by atoms with van der Waals surface area (Å²) < 4.78 is 10.3. The fourth-order valence-electron chi connectivity index (χ4n) is 3.67. The Kier molecular flexibility index (Phi) is 5.73. The third-order valence-electron chi connectivity index (χ3n) is 5.38. The Balaban J connectivity index is 1.41. The lowest BCUT2D eigenvalue weighted by Gasteiger charge is -2.34. The highest BCUT2D eigenvalue weighted by atomic mass is 16.5. The van der Waals surface area contributed by atoms with Crippen LogP contribution in [-0.4, -0.2) is 69.6 Å². The summed E-state index contributed by atoms with van der Waals surface area (Å²) >= 11 is 0. The Bertz CT molecular complexity index is 1110. The van der Waals surface area contributed by atoms with Crippen LogP contribution in [0.15, 0.2) is 21.2 Å². The first-order valence-electron chi connectivity index (χ1n) is 10.3. The molecule has 0 aromatic carbocycles. The topological polar surface area (TPSA) is 118 Å². The van der Waals surface area contributed by atoms with Gasteiger partial charge < -0.3 is 19.3 Å². The van der Waals surface area contributed by atoms with E-state index in [4.69, 9.17) is 9.05 Å². The minimum absolute atomic E-state index is 0.0669. The fourth-order valence-corrected chi connectivity index (χ4v) is 3.67. The van der Waals surface area contributed by atoms with Crippen molar-refractivity contribution in [2.45, 2.75) is 33.6 Å². The number of fused-ring (bicyclic) bond motifs is 1. The molecule has 10 heteroatoms. The molecule has 0 radical (unpaired) electrons. The molecular weight excluding hydrogens is 400 g/mol. The molecule has 3 aromatic heterocycles. The summed E-state index contributed by atoms with van der Waals surface area (Å²) in [4.78, 5) is 33.9. The maximum Gasteiger partial charge on any atom is 0.259 e. The molecule has 164 valence electrons. The molecule has 1 fully saturated rings. The van der Waals surface area contributed by atoms with Gasteiger partial charge in [0.05, 0.1) is 23.2 Å². The molecule has 1 N–H and O–H groups in total. The van der Waals surface area contributed by atoms with Crippen molar-refractivity contribution in [1.29, 1.82) is 0 Å². The van der Waals surface area contributed by atoms with Crippen LogP contribution in [0.1, 0.15) is 47.3 Å². The van der Waals surface area contributed by atoms with Gasteiger partial charge in [-0.1, -0.05) is 24.2 Å². The molecule has 1 aliphatic heterocycles. The summed E-state index contributed by atoms with van der Waals surface area (Å²) in [6.07, 6.45) is 0. The van der Waals surface area contributed by atoms with Gasteiger partial charge in [0.15, 0.2) is 5.82 Å². The zero-order valence-corrected chi connectivity index (χ0v) is 18.1. The Morgan fingerprint density at radius 2 is 1.84 bits per heavy atom. The number of hydrogen-bond acceptors (Lipinski definition) is 8. The summed E-state index contributed by atoms with van der Waals surface area (Å²) in [5.41, 5.74) is 2.41. The Morgan fingerprint density at radius 3 is 2.48 bits per heavy atom. The van der Waals surface area contributed by atoms with E-state index in [1.807, 2.05) is 31.7 Å². The van der Waals surface area contributed by atoms with Crippen molar-refractivity contribution in [1.82, 2.24) is 25.1 Å². The molecule has 4 rings (SSSR count). The molecule has 0 aliphatic carbocycles. The molecule has 2 amide bonds. The van der Waals surface area contributed by atoms with Crippen molar-refractivity contribution >= 4 is 28.7 Å². The quantitative estimate of drug-likeness (QED) is 0.661. The monoisotopic (exact) mass is 426 g/mol. The first-order valence-corrected chi connectivity index (χ1v) is 10.3. The lowest BCUT2D eigenvalue weighted by molar-refractivity contribution is -0.117. The number of carbonyl (C=O) groups is 2. The van der Waals surface area contributed by atoms with E-state index in [-0.39, 0.29) is 24.3 Å². The number of carbonyl (C=O) groups excluding carboxylic acids is 2. The molecule has 0 bridgehead atoms. The van der Waals surface area contributed by atoms with E-state index >= 15 is 0 Å². The largest absolute Gasteiger partial charge is 0.360 e. The molecule has 1 saturated heterocycles. The second kappa shape index (κ2) is 8.46. The van der Waals surface area contributed by atoms with E-state index < -0.39 is 0 Å². The molecule has 0 saturated carbocycles. The number of anilines is 1. The number of hydrogen-bond donors (Lipinski definition) is 1. The molecule has 10 nitrogen and oxygen atoms in total. The van der Waals surface area contributed by atoms with Crippen molar-refractivity contribution in [3.05, 3.63) is 34.8 Å². The van der Waals surface area contributed by atoms with Crippen molar-refractivity contribution in [3.63, 3.8) is 0 Å². The zero-order valence-electron chi connectivity index (χ0n) is 18.1. The Morgan fingerprint density at radius 1 is 1.10 bits per heavy atom. The molecule has 3 aromatic rings. The lowest BCUT2D eigenvalue weighted by atomic mass is 10.0. The maximum absolute atomic E-state index is 13.3. The van der Waals surface area contributed by atoms with E-state index in [0.29, 0.717) is 60.1 Å². The van der Waals surface area contributed by atoms with Crippen molar-refractivity contribution in [2.24, 2.45) is 0 Å². The Hall–Kier alpha value is -3.27. The molecular formula is C21H26N6O4. The standard InChI is InChI=1S/C21H26N6O4/c1-12(2)16-10-15(19-14(4)24-31-20(19)22-16)21(29)27-7-5-26(6-8-27)11-18(28)23-17-9-13(3)30-25-17/h9-10,12H,5-8,11H2,1-4H3,(H,23,25,28). The van der Waals surface area contributed by atoms with Crippen LogP contribution in [0.2, 0.25) is 0 Å². The van der Waals surface area contributed by atoms with Crippen LogP contribution in [0, 0.1) is 13.8 Å². The van der Waals surface area contributed by atoms with Crippen molar-refractivity contribution in [3.8, 4) is 0 Å². The van der Waals surface area contributed by atoms with E-state index in [2.05, 4.69) is 20.6 Å². The van der Waals surface area contributed by atoms with Gasteiger partial charge in [-0.3, -0.25) is 14.5 Å². The minimum Gasteiger partial charge on any atom is -0.360 e. The van der Waals surface area contributed by atoms with Crippen LogP contribution in [0.4, 0.5) is 5.82 Å². The van der Waals surface area contributed by atoms with Gasteiger partial charge in [0.2, 0.25) is 5.91 Å². The van der Waals surface area contributed by atoms with Gasteiger partial charge in [-0.05, 0) is 25.8 Å². The number of amides is 2. The third-order valence-corrected chi connectivity index (χ3v) is 5.38.